The Kier molecular flexibility index (Phi) is 9.94. The summed E-state index contributed by atoms with van der Waals surface area (Å²) < 4.78 is 26.4. The molecule has 0 aliphatic heterocycles. The van der Waals surface area contributed by atoms with Crippen molar-refractivity contribution in [3.63, 3.8) is 0 Å². The number of sulfonamides is 1. The van der Waals surface area contributed by atoms with Gasteiger partial charge in [-0.15, -0.1) is 0 Å². The van der Waals surface area contributed by atoms with Crippen LogP contribution in [-0.4, -0.2) is 50.5 Å². The Hall–Kier alpha value is -2.58. The SMILES string of the molecule is CCCCNC(=O)[C@@H](C)N(Cc1cccc(C)c1)C(=O)CN(c1ccc(Cl)cc1C)S(C)(=O)=O. The zero-order chi connectivity index (χ0) is 25.5. The molecule has 0 spiro atoms. The largest absolute Gasteiger partial charge is 0.354 e. The van der Waals surface area contributed by atoms with Crippen molar-refractivity contribution in [2.75, 3.05) is 23.7 Å². The van der Waals surface area contributed by atoms with Crippen LogP contribution >= 0.6 is 11.6 Å². The van der Waals surface area contributed by atoms with Crippen LogP contribution in [0.4, 0.5) is 5.69 Å². The summed E-state index contributed by atoms with van der Waals surface area (Å²) in [4.78, 5) is 27.8. The number of aryl methyl sites for hydroxylation is 2. The smallest absolute Gasteiger partial charge is 0.244 e. The van der Waals surface area contributed by atoms with Crippen LogP contribution in [0.25, 0.3) is 0 Å². The van der Waals surface area contributed by atoms with Crippen LogP contribution in [0.15, 0.2) is 42.5 Å². The molecule has 2 aromatic carbocycles. The van der Waals surface area contributed by atoms with E-state index >= 15 is 0 Å². The minimum absolute atomic E-state index is 0.181. The number of anilines is 1. The van der Waals surface area contributed by atoms with E-state index in [1.165, 1.54) is 4.90 Å². The molecule has 7 nitrogen and oxygen atoms in total. The van der Waals surface area contributed by atoms with E-state index in [0.717, 1.165) is 34.5 Å². The van der Waals surface area contributed by atoms with Crippen LogP contribution < -0.4 is 9.62 Å². The molecule has 2 amide bonds. The Labute approximate surface area is 208 Å². The van der Waals surface area contributed by atoms with E-state index in [4.69, 9.17) is 11.6 Å². The van der Waals surface area contributed by atoms with Crippen molar-refractivity contribution in [2.45, 2.75) is 53.1 Å². The first-order valence-corrected chi connectivity index (χ1v) is 13.5. The molecule has 0 heterocycles. The van der Waals surface area contributed by atoms with Crippen molar-refractivity contribution in [1.29, 1.82) is 0 Å². The highest BCUT2D eigenvalue weighted by Crippen LogP contribution is 2.26. The predicted octanol–water partition coefficient (Wildman–Crippen LogP) is 4.06. The molecule has 1 N–H and O–H groups in total. The van der Waals surface area contributed by atoms with Crippen molar-refractivity contribution < 1.29 is 18.0 Å². The summed E-state index contributed by atoms with van der Waals surface area (Å²) in [5, 5.41) is 3.34. The van der Waals surface area contributed by atoms with Crippen LogP contribution in [0.2, 0.25) is 5.02 Å². The average molecular weight is 508 g/mol. The van der Waals surface area contributed by atoms with E-state index in [0.29, 0.717) is 22.8 Å². The predicted molar refractivity (Wildman–Crippen MR) is 137 cm³/mol. The van der Waals surface area contributed by atoms with E-state index < -0.39 is 28.5 Å². The molecule has 0 saturated carbocycles. The fraction of sp³-hybridized carbons (Fsp3) is 0.440. The minimum atomic E-state index is -3.78. The fourth-order valence-corrected chi connectivity index (χ4v) is 4.75. The monoisotopic (exact) mass is 507 g/mol. The van der Waals surface area contributed by atoms with Crippen LogP contribution in [0, 0.1) is 13.8 Å². The standard InChI is InChI=1S/C25H34ClN3O4S/c1-6-7-13-27-25(31)20(4)28(16-21-10-8-9-18(2)14-21)24(30)17-29(34(5,32)33)23-12-11-22(26)15-19(23)3/h8-12,14-15,20H,6-7,13,16-17H2,1-5H3,(H,27,31)/t20-/m1/s1. The lowest BCUT2D eigenvalue weighted by Gasteiger charge is -2.32. The lowest BCUT2D eigenvalue weighted by molar-refractivity contribution is -0.139. The first-order valence-electron chi connectivity index (χ1n) is 11.3. The maximum Gasteiger partial charge on any atom is 0.244 e. The fourth-order valence-electron chi connectivity index (χ4n) is 3.62. The number of hydrogen-bond donors (Lipinski definition) is 1. The Balaban J connectivity index is 2.38. The second kappa shape index (κ2) is 12.2. The number of unbranched alkanes of at least 4 members (excludes halogenated alkanes) is 1. The van der Waals surface area contributed by atoms with Crippen LogP contribution in [0.5, 0.6) is 0 Å². The van der Waals surface area contributed by atoms with Gasteiger partial charge >= 0.3 is 0 Å². The van der Waals surface area contributed by atoms with Gasteiger partial charge in [0.05, 0.1) is 11.9 Å². The molecule has 2 aromatic rings. The number of nitrogens with zero attached hydrogens (tertiary/aromatic N) is 2. The van der Waals surface area contributed by atoms with E-state index in [-0.39, 0.29) is 12.5 Å². The van der Waals surface area contributed by atoms with Gasteiger partial charge in [-0.1, -0.05) is 54.8 Å². The number of carbonyl (C=O) groups excluding carboxylic acids is 2. The van der Waals surface area contributed by atoms with Gasteiger partial charge in [-0.05, 0) is 56.5 Å². The molecule has 9 heteroatoms. The van der Waals surface area contributed by atoms with Gasteiger partial charge < -0.3 is 10.2 Å². The highest BCUT2D eigenvalue weighted by atomic mass is 35.5. The highest BCUT2D eigenvalue weighted by molar-refractivity contribution is 7.92. The molecule has 0 aliphatic rings. The second-order valence-corrected chi connectivity index (χ2v) is 10.9. The first-order chi connectivity index (χ1) is 15.9. The summed E-state index contributed by atoms with van der Waals surface area (Å²) >= 11 is 6.04. The van der Waals surface area contributed by atoms with Gasteiger partial charge in [0.1, 0.15) is 12.6 Å². The van der Waals surface area contributed by atoms with Crippen molar-refractivity contribution in [3.8, 4) is 0 Å². The maximum atomic E-state index is 13.5. The van der Waals surface area contributed by atoms with Gasteiger partial charge in [-0.2, -0.15) is 0 Å². The lowest BCUT2D eigenvalue weighted by atomic mass is 10.1. The molecule has 186 valence electrons. The Morgan fingerprint density at radius 1 is 1.12 bits per heavy atom. The third-order valence-corrected chi connectivity index (χ3v) is 6.90. The summed E-state index contributed by atoms with van der Waals surface area (Å²) in [5.74, 6) is -0.748. The number of nitrogens with one attached hydrogen (secondary N) is 1. The molecular formula is C25H34ClN3O4S. The number of benzene rings is 2. The van der Waals surface area contributed by atoms with Crippen molar-refractivity contribution in [2.24, 2.45) is 0 Å². The van der Waals surface area contributed by atoms with Crippen LogP contribution in [0.3, 0.4) is 0 Å². The van der Waals surface area contributed by atoms with Gasteiger partial charge in [0.15, 0.2) is 0 Å². The maximum absolute atomic E-state index is 13.5. The third-order valence-electron chi connectivity index (χ3n) is 5.54. The van der Waals surface area contributed by atoms with Gasteiger partial charge in [0.25, 0.3) is 0 Å². The van der Waals surface area contributed by atoms with Crippen molar-refractivity contribution in [1.82, 2.24) is 10.2 Å². The topological polar surface area (TPSA) is 86.8 Å². The number of rotatable bonds is 11. The van der Waals surface area contributed by atoms with Gasteiger partial charge in [0, 0.05) is 18.1 Å². The lowest BCUT2D eigenvalue weighted by Crippen LogP contribution is -2.51. The number of halogens is 1. The number of carbonyl (C=O) groups is 2. The van der Waals surface area contributed by atoms with Gasteiger partial charge in [-0.3, -0.25) is 13.9 Å². The molecule has 0 aromatic heterocycles. The summed E-state index contributed by atoms with van der Waals surface area (Å²) in [7, 11) is -3.78. The van der Waals surface area contributed by atoms with Crippen molar-refractivity contribution in [3.05, 3.63) is 64.2 Å². The van der Waals surface area contributed by atoms with E-state index in [1.54, 1.807) is 32.0 Å². The van der Waals surface area contributed by atoms with E-state index in [1.807, 2.05) is 38.1 Å². The quantitative estimate of drug-likeness (QED) is 0.465. The van der Waals surface area contributed by atoms with Crippen molar-refractivity contribution >= 4 is 39.1 Å². The zero-order valence-corrected chi connectivity index (χ0v) is 22.0. The summed E-state index contributed by atoms with van der Waals surface area (Å²) in [5.41, 5.74) is 2.88. The minimum Gasteiger partial charge on any atom is -0.354 e. The Morgan fingerprint density at radius 2 is 1.82 bits per heavy atom. The first kappa shape index (κ1) is 27.7. The molecular weight excluding hydrogens is 474 g/mol. The highest BCUT2D eigenvalue weighted by Gasteiger charge is 2.30. The Morgan fingerprint density at radius 3 is 2.41 bits per heavy atom. The molecule has 0 bridgehead atoms. The summed E-state index contributed by atoms with van der Waals surface area (Å²) in [6.45, 7) is 7.64. The third kappa shape index (κ3) is 7.74. The molecule has 34 heavy (non-hydrogen) atoms. The zero-order valence-electron chi connectivity index (χ0n) is 20.5. The van der Waals surface area contributed by atoms with E-state index in [2.05, 4.69) is 5.32 Å². The molecule has 0 fully saturated rings. The molecule has 2 rings (SSSR count). The molecule has 0 radical (unpaired) electrons. The molecule has 0 aliphatic carbocycles. The summed E-state index contributed by atoms with van der Waals surface area (Å²) in [6, 6.07) is 11.7. The van der Waals surface area contributed by atoms with Crippen LogP contribution in [-0.2, 0) is 26.2 Å². The average Bonchev–Trinajstić information content (AvgIpc) is 2.75. The summed E-state index contributed by atoms with van der Waals surface area (Å²) in [6.07, 6.45) is 2.83. The molecule has 0 saturated heterocycles. The molecule has 1 atom stereocenters. The Bertz CT molecular complexity index is 1120. The van der Waals surface area contributed by atoms with E-state index in [9.17, 15) is 18.0 Å². The number of amides is 2. The van der Waals surface area contributed by atoms with Crippen LogP contribution in [0.1, 0.15) is 43.4 Å². The normalized spacial score (nSPS) is 12.2. The molecule has 0 unspecified atom stereocenters. The second-order valence-electron chi connectivity index (χ2n) is 8.53. The van der Waals surface area contributed by atoms with Gasteiger partial charge in [-0.25, -0.2) is 8.42 Å². The van der Waals surface area contributed by atoms with Gasteiger partial charge in [0.2, 0.25) is 21.8 Å². The number of hydrogen-bond acceptors (Lipinski definition) is 4.